The van der Waals surface area contributed by atoms with Gasteiger partial charge in [0.1, 0.15) is 12.4 Å². The molecule has 0 amide bonds. The van der Waals surface area contributed by atoms with E-state index in [1.165, 1.54) is 18.3 Å². The molecule has 0 spiro atoms. The Morgan fingerprint density at radius 3 is 2.65 bits per heavy atom. The van der Waals surface area contributed by atoms with E-state index in [0.717, 1.165) is 5.56 Å². The fourth-order valence-electron chi connectivity index (χ4n) is 1.30. The van der Waals surface area contributed by atoms with E-state index in [1.807, 2.05) is 0 Å². The van der Waals surface area contributed by atoms with Crippen LogP contribution >= 0.6 is 0 Å². The fraction of sp³-hybridized carbons (Fsp3) is 0.0769. The molecule has 86 valence electrons. The topological polar surface area (TPSA) is 39.2 Å². The van der Waals surface area contributed by atoms with Gasteiger partial charge in [-0.25, -0.2) is 9.18 Å². The fourth-order valence-corrected chi connectivity index (χ4v) is 1.30. The highest BCUT2D eigenvalue weighted by Gasteiger charge is 2.06. The Labute approximate surface area is 97.9 Å². The van der Waals surface area contributed by atoms with Crippen molar-refractivity contribution in [1.82, 2.24) is 4.98 Å². The second-order valence-electron chi connectivity index (χ2n) is 3.44. The average molecular weight is 231 g/mol. The molecule has 0 fully saturated rings. The van der Waals surface area contributed by atoms with Gasteiger partial charge in [0, 0.05) is 12.4 Å². The number of ether oxygens (including phenoxy) is 1. The second-order valence-corrected chi connectivity index (χ2v) is 3.44. The number of carbonyl (C=O) groups excluding carboxylic acids is 1. The van der Waals surface area contributed by atoms with E-state index in [1.54, 1.807) is 30.5 Å². The molecule has 0 aliphatic carbocycles. The molecule has 4 heteroatoms. The van der Waals surface area contributed by atoms with Gasteiger partial charge in [-0.05, 0) is 29.8 Å². The number of esters is 1. The Balaban J connectivity index is 1.95. The van der Waals surface area contributed by atoms with E-state index in [0.29, 0.717) is 5.56 Å². The molecule has 0 aliphatic rings. The van der Waals surface area contributed by atoms with E-state index in [4.69, 9.17) is 4.74 Å². The summed E-state index contributed by atoms with van der Waals surface area (Å²) in [6, 6.07) is 9.09. The maximum atomic E-state index is 12.6. The number of rotatable bonds is 3. The molecule has 1 aromatic carbocycles. The summed E-state index contributed by atoms with van der Waals surface area (Å²) in [6.07, 6.45) is 3.02. The van der Waals surface area contributed by atoms with Crippen molar-refractivity contribution in [2.24, 2.45) is 0 Å². The maximum absolute atomic E-state index is 12.6. The number of hydrogen-bond donors (Lipinski definition) is 0. The average Bonchev–Trinajstić information content (AvgIpc) is 2.39. The second kappa shape index (κ2) is 5.21. The van der Waals surface area contributed by atoms with Gasteiger partial charge in [0.05, 0.1) is 5.56 Å². The van der Waals surface area contributed by atoms with Crippen LogP contribution < -0.4 is 0 Å². The zero-order valence-corrected chi connectivity index (χ0v) is 8.97. The van der Waals surface area contributed by atoms with Gasteiger partial charge in [-0.3, -0.25) is 4.98 Å². The molecule has 0 radical (unpaired) electrons. The number of hydrogen-bond acceptors (Lipinski definition) is 3. The number of benzene rings is 1. The van der Waals surface area contributed by atoms with Gasteiger partial charge in [0.25, 0.3) is 0 Å². The van der Waals surface area contributed by atoms with E-state index in [2.05, 4.69) is 4.98 Å². The summed E-state index contributed by atoms with van der Waals surface area (Å²) in [5.74, 6) is -0.755. The van der Waals surface area contributed by atoms with E-state index >= 15 is 0 Å². The number of aromatic nitrogens is 1. The Bertz CT molecular complexity index is 497. The van der Waals surface area contributed by atoms with Crippen LogP contribution in [0.2, 0.25) is 0 Å². The third kappa shape index (κ3) is 3.11. The molecule has 3 nitrogen and oxygen atoms in total. The first-order chi connectivity index (χ1) is 8.25. The zero-order chi connectivity index (χ0) is 12.1. The highest BCUT2D eigenvalue weighted by Crippen LogP contribution is 2.06. The standard InChI is InChI=1S/C13H10FNO2/c14-12-5-3-10(4-6-12)9-17-13(16)11-2-1-7-15-8-11/h1-8H,9H2. The van der Waals surface area contributed by atoms with Gasteiger partial charge in [0.15, 0.2) is 0 Å². The summed E-state index contributed by atoms with van der Waals surface area (Å²) >= 11 is 0. The lowest BCUT2D eigenvalue weighted by molar-refractivity contribution is 0.0472. The van der Waals surface area contributed by atoms with E-state index < -0.39 is 5.97 Å². The van der Waals surface area contributed by atoms with Crippen LogP contribution in [0.3, 0.4) is 0 Å². The van der Waals surface area contributed by atoms with Gasteiger partial charge in [-0.15, -0.1) is 0 Å². The minimum Gasteiger partial charge on any atom is -0.457 e. The van der Waals surface area contributed by atoms with E-state index in [9.17, 15) is 9.18 Å². The SMILES string of the molecule is O=C(OCc1ccc(F)cc1)c1cccnc1. The van der Waals surface area contributed by atoms with Gasteiger partial charge in [0.2, 0.25) is 0 Å². The van der Waals surface area contributed by atoms with Gasteiger partial charge in [-0.2, -0.15) is 0 Å². The Hall–Kier alpha value is -2.23. The van der Waals surface area contributed by atoms with Crippen molar-refractivity contribution >= 4 is 5.97 Å². The van der Waals surface area contributed by atoms with Gasteiger partial charge < -0.3 is 4.74 Å². The Morgan fingerprint density at radius 2 is 2.00 bits per heavy atom. The molecule has 1 heterocycles. The largest absolute Gasteiger partial charge is 0.457 e. The highest BCUT2D eigenvalue weighted by atomic mass is 19.1. The molecule has 0 saturated heterocycles. The van der Waals surface area contributed by atoms with Crippen LogP contribution in [0.4, 0.5) is 4.39 Å². The number of carbonyl (C=O) groups is 1. The predicted molar refractivity (Wildman–Crippen MR) is 59.8 cm³/mol. The van der Waals surface area contributed by atoms with Gasteiger partial charge >= 0.3 is 5.97 Å². The lowest BCUT2D eigenvalue weighted by Gasteiger charge is -2.04. The quantitative estimate of drug-likeness (QED) is 0.762. The number of pyridine rings is 1. The predicted octanol–water partition coefficient (Wildman–Crippen LogP) is 2.58. The number of halogens is 1. The molecule has 17 heavy (non-hydrogen) atoms. The first-order valence-corrected chi connectivity index (χ1v) is 5.07. The third-order valence-corrected chi connectivity index (χ3v) is 2.18. The minimum absolute atomic E-state index is 0.119. The molecule has 0 saturated carbocycles. The Kier molecular flexibility index (Phi) is 3.45. The lowest BCUT2D eigenvalue weighted by Crippen LogP contribution is -2.05. The molecule has 0 N–H and O–H groups in total. The zero-order valence-electron chi connectivity index (χ0n) is 8.97. The van der Waals surface area contributed by atoms with Crippen molar-refractivity contribution in [2.75, 3.05) is 0 Å². The molecule has 0 atom stereocenters. The molecular formula is C13H10FNO2. The van der Waals surface area contributed by atoms with Crippen LogP contribution in [0.15, 0.2) is 48.8 Å². The van der Waals surface area contributed by atoms with Crippen LogP contribution in [-0.4, -0.2) is 11.0 Å². The van der Waals surface area contributed by atoms with Crippen LogP contribution in [-0.2, 0) is 11.3 Å². The highest BCUT2D eigenvalue weighted by molar-refractivity contribution is 5.88. The summed E-state index contributed by atoms with van der Waals surface area (Å²) in [4.78, 5) is 15.4. The normalized spacial score (nSPS) is 9.94. The molecule has 2 rings (SSSR count). The first kappa shape index (κ1) is 11.3. The summed E-state index contributed by atoms with van der Waals surface area (Å²) in [5.41, 5.74) is 1.14. The van der Waals surface area contributed by atoms with Crippen molar-refractivity contribution < 1.29 is 13.9 Å². The van der Waals surface area contributed by atoms with Crippen LogP contribution in [0.5, 0.6) is 0 Å². The van der Waals surface area contributed by atoms with Crippen molar-refractivity contribution in [3.8, 4) is 0 Å². The Morgan fingerprint density at radius 1 is 1.24 bits per heavy atom. The summed E-state index contributed by atoms with van der Waals surface area (Å²) < 4.78 is 17.7. The minimum atomic E-state index is -0.442. The van der Waals surface area contributed by atoms with Crippen molar-refractivity contribution in [1.29, 1.82) is 0 Å². The molecule has 1 aromatic heterocycles. The summed E-state index contributed by atoms with van der Waals surface area (Å²) in [5, 5.41) is 0. The van der Waals surface area contributed by atoms with Crippen molar-refractivity contribution in [2.45, 2.75) is 6.61 Å². The van der Waals surface area contributed by atoms with Crippen LogP contribution in [0.25, 0.3) is 0 Å². The van der Waals surface area contributed by atoms with Crippen molar-refractivity contribution in [3.63, 3.8) is 0 Å². The van der Waals surface area contributed by atoms with Crippen molar-refractivity contribution in [3.05, 3.63) is 65.7 Å². The lowest BCUT2D eigenvalue weighted by atomic mass is 10.2. The summed E-state index contributed by atoms with van der Waals surface area (Å²) in [6.45, 7) is 0.119. The maximum Gasteiger partial charge on any atom is 0.340 e. The molecule has 0 aliphatic heterocycles. The summed E-state index contributed by atoms with van der Waals surface area (Å²) in [7, 11) is 0. The molecule has 2 aromatic rings. The molecule has 0 unspecified atom stereocenters. The number of nitrogens with zero attached hydrogens (tertiary/aromatic N) is 1. The van der Waals surface area contributed by atoms with E-state index in [-0.39, 0.29) is 12.4 Å². The van der Waals surface area contributed by atoms with Crippen LogP contribution in [0, 0.1) is 5.82 Å². The smallest absolute Gasteiger partial charge is 0.340 e. The molecular weight excluding hydrogens is 221 g/mol. The third-order valence-electron chi connectivity index (χ3n) is 2.18. The monoisotopic (exact) mass is 231 g/mol. The van der Waals surface area contributed by atoms with Gasteiger partial charge in [-0.1, -0.05) is 12.1 Å². The van der Waals surface area contributed by atoms with Crippen LogP contribution in [0.1, 0.15) is 15.9 Å². The molecule has 0 bridgehead atoms. The first-order valence-electron chi connectivity index (χ1n) is 5.07.